The molecule has 0 aliphatic carbocycles. The van der Waals surface area contributed by atoms with E-state index in [2.05, 4.69) is 21.3 Å². The molecule has 4 aromatic rings. The Morgan fingerprint density at radius 3 is 2.34 bits per heavy atom. The number of aliphatic hydroxyl groups is 1. The van der Waals surface area contributed by atoms with Gasteiger partial charge in [-0.1, -0.05) is 58.0 Å². The maximum atomic E-state index is 15.6. The maximum absolute atomic E-state index is 15.6. The standard InChI is InChI=1S/C49H59FN6O12/c1-9-29-30-20-38(34(50)22-36(30)53-41-31(29)23-56-37(41)21-33-32(45(56)61)25-67-46(62)49(33,64)10-2)65-19-18-51-42(58)27(5)52-44(60)40(26(3)4)55-43(59)35(54-47(63)68-48(6,7)8)16-17-39(57)66-24-28-14-12-11-13-15-28/h11-15,20-22,26-27,35,40,64H,9-10,16-19,23-25H2,1-8H3,(H,51,58)(H,52,60)(H,54,63)(H,55,59)/t27-,35-,40-,49-/m0/s1. The third-order valence-corrected chi connectivity index (χ3v) is 11.8. The number of halogens is 1. The number of rotatable bonds is 18. The molecule has 0 saturated carbocycles. The van der Waals surface area contributed by atoms with Crippen LogP contribution in [-0.2, 0) is 70.0 Å². The van der Waals surface area contributed by atoms with Gasteiger partial charge in [-0.25, -0.2) is 19.0 Å². The summed E-state index contributed by atoms with van der Waals surface area (Å²) >= 11 is 0. The maximum Gasteiger partial charge on any atom is 0.408 e. The van der Waals surface area contributed by atoms with E-state index in [-0.39, 0.29) is 69.0 Å². The van der Waals surface area contributed by atoms with Crippen molar-refractivity contribution in [3.05, 3.63) is 92.5 Å². The van der Waals surface area contributed by atoms with Gasteiger partial charge in [0.1, 0.15) is 43.5 Å². The van der Waals surface area contributed by atoms with Gasteiger partial charge in [-0.05, 0) is 76.1 Å². The molecular weight excluding hydrogens is 884 g/mol. The van der Waals surface area contributed by atoms with E-state index in [0.29, 0.717) is 28.7 Å². The molecule has 364 valence electrons. The zero-order valence-corrected chi connectivity index (χ0v) is 39.5. The smallest absolute Gasteiger partial charge is 0.408 e. The first-order valence-electron chi connectivity index (χ1n) is 22.7. The fourth-order valence-corrected chi connectivity index (χ4v) is 8.11. The van der Waals surface area contributed by atoms with Crippen LogP contribution in [0.3, 0.4) is 0 Å². The lowest BCUT2D eigenvalue weighted by atomic mass is 9.86. The highest BCUT2D eigenvalue weighted by atomic mass is 19.1. The molecule has 0 saturated heterocycles. The third-order valence-electron chi connectivity index (χ3n) is 11.8. The summed E-state index contributed by atoms with van der Waals surface area (Å²) in [7, 11) is 0. The monoisotopic (exact) mass is 942 g/mol. The number of carbonyl (C=O) groups is 6. The number of amides is 4. The van der Waals surface area contributed by atoms with Gasteiger partial charge in [0.05, 0.1) is 35.6 Å². The van der Waals surface area contributed by atoms with Crippen molar-refractivity contribution in [2.75, 3.05) is 13.2 Å². The van der Waals surface area contributed by atoms with Crippen molar-refractivity contribution in [3.8, 4) is 17.1 Å². The number of ether oxygens (including phenoxy) is 4. The Morgan fingerprint density at radius 1 is 0.956 bits per heavy atom. The Labute approximate surface area is 392 Å². The molecule has 0 spiro atoms. The number of esters is 2. The summed E-state index contributed by atoms with van der Waals surface area (Å²) in [5.74, 6) is -4.78. The Morgan fingerprint density at radius 2 is 1.68 bits per heavy atom. The summed E-state index contributed by atoms with van der Waals surface area (Å²) in [6.45, 7) is 13.0. The van der Waals surface area contributed by atoms with Crippen molar-refractivity contribution < 1.29 is 57.2 Å². The van der Waals surface area contributed by atoms with Crippen molar-refractivity contribution in [1.29, 1.82) is 0 Å². The lowest BCUT2D eigenvalue weighted by Crippen LogP contribution is -2.58. The summed E-state index contributed by atoms with van der Waals surface area (Å²) < 4.78 is 38.7. The zero-order chi connectivity index (χ0) is 49.7. The van der Waals surface area contributed by atoms with Crippen molar-refractivity contribution in [1.82, 2.24) is 30.8 Å². The van der Waals surface area contributed by atoms with Gasteiger partial charge in [-0.15, -0.1) is 0 Å². The number of benzene rings is 2. The molecule has 2 aromatic heterocycles. The number of pyridine rings is 2. The summed E-state index contributed by atoms with van der Waals surface area (Å²) in [5, 5.41) is 22.2. The van der Waals surface area contributed by atoms with E-state index in [1.54, 1.807) is 71.9 Å². The molecule has 0 fully saturated rings. The molecule has 19 heteroatoms. The average Bonchev–Trinajstić information content (AvgIpc) is 3.65. The average molecular weight is 943 g/mol. The first kappa shape index (κ1) is 50.5. The van der Waals surface area contributed by atoms with E-state index in [1.807, 2.05) is 13.0 Å². The minimum absolute atomic E-state index is 0.00708. The Kier molecular flexibility index (Phi) is 15.6. The lowest BCUT2D eigenvalue weighted by Gasteiger charge is -2.31. The number of hydrogen-bond donors (Lipinski definition) is 5. The van der Waals surface area contributed by atoms with Crippen molar-refractivity contribution in [2.45, 2.75) is 130 Å². The van der Waals surface area contributed by atoms with Crippen molar-refractivity contribution in [2.24, 2.45) is 5.92 Å². The molecule has 2 aliphatic rings. The zero-order valence-electron chi connectivity index (χ0n) is 39.5. The Hall–Kier alpha value is -6.89. The molecule has 4 atom stereocenters. The van der Waals surface area contributed by atoms with E-state index in [4.69, 9.17) is 23.9 Å². The summed E-state index contributed by atoms with van der Waals surface area (Å²) in [6.07, 6.45) is -0.822. The molecule has 0 bridgehead atoms. The Bertz CT molecular complexity index is 2660. The molecule has 6 rings (SSSR count). The second-order valence-corrected chi connectivity index (χ2v) is 18.2. The molecule has 0 unspecified atom stereocenters. The molecule has 4 amide bonds. The van der Waals surface area contributed by atoms with Crippen LogP contribution >= 0.6 is 0 Å². The third kappa shape index (κ3) is 11.3. The highest BCUT2D eigenvalue weighted by Gasteiger charge is 2.45. The first-order valence-corrected chi connectivity index (χ1v) is 22.7. The number of hydrogen-bond acceptors (Lipinski definition) is 13. The predicted molar refractivity (Wildman–Crippen MR) is 245 cm³/mol. The van der Waals surface area contributed by atoms with Gasteiger partial charge in [-0.2, -0.15) is 0 Å². The number of aromatic nitrogens is 2. The number of nitrogens with zero attached hydrogens (tertiary/aromatic N) is 2. The van der Waals surface area contributed by atoms with Gasteiger partial charge in [0.2, 0.25) is 17.7 Å². The molecule has 5 N–H and O–H groups in total. The van der Waals surface area contributed by atoms with E-state index in [9.17, 15) is 38.7 Å². The van der Waals surface area contributed by atoms with Gasteiger partial charge in [0.25, 0.3) is 5.56 Å². The fourth-order valence-electron chi connectivity index (χ4n) is 8.11. The number of fused-ring (bicyclic) bond motifs is 5. The number of aryl methyl sites for hydroxylation is 1. The topological polar surface area (TPSA) is 243 Å². The normalized spacial score (nSPS) is 16.3. The van der Waals surface area contributed by atoms with E-state index in [1.165, 1.54) is 23.6 Å². The molecule has 2 aliphatic heterocycles. The van der Waals surface area contributed by atoms with E-state index >= 15 is 4.39 Å². The SMILES string of the molecule is CCc1c2c(nc3cc(F)c(OCCNC(=O)[C@H](C)NC(=O)[C@@H](NC(=O)[C@H](CCC(=O)OCc4ccccc4)NC(=O)OC(C)(C)C)C(C)C)cc13)-c1cc3c(c(=O)n1C2)COC(=O)[C@]3(O)CC. The van der Waals surface area contributed by atoms with Gasteiger partial charge < -0.3 is 49.9 Å². The Balaban J connectivity index is 1.06. The summed E-state index contributed by atoms with van der Waals surface area (Å²) in [5.41, 5.74) is 0.535. The van der Waals surface area contributed by atoms with Gasteiger partial charge in [-0.3, -0.25) is 24.0 Å². The van der Waals surface area contributed by atoms with Gasteiger partial charge in [0.15, 0.2) is 17.2 Å². The first-order chi connectivity index (χ1) is 32.1. The van der Waals surface area contributed by atoms with E-state index < -0.39 is 82.4 Å². The second-order valence-electron chi connectivity index (χ2n) is 18.2. The minimum Gasteiger partial charge on any atom is -0.489 e. The van der Waals surface area contributed by atoms with Crippen LogP contribution in [0.1, 0.15) is 102 Å². The van der Waals surface area contributed by atoms with Gasteiger partial charge in [0, 0.05) is 29.0 Å². The molecule has 0 radical (unpaired) electrons. The van der Waals surface area contributed by atoms with Crippen LogP contribution in [0.15, 0.2) is 53.3 Å². The van der Waals surface area contributed by atoms with Crippen LogP contribution < -0.4 is 31.6 Å². The largest absolute Gasteiger partial charge is 0.489 e. The predicted octanol–water partition coefficient (Wildman–Crippen LogP) is 4.34. The quantitative estimate of drug-likeness (QED) is 0.0467. The van der Waals surface area contributed by atoms with Crippen molar-refractivity contribution >= 4 is 46.7 Å². The van der Waals surface area contributed by atoms with Crippen molar-refractivity contribution in [3.63, 3.8) is 0 Å². The number of carbonyl (C=O) groups excluding carboxylic acids is 6. The van der Waals surface area contributed by atoms with Crippen LogP contribution in [0.5, 0.6) is 5.75 Å². The fraction of sp³-hybridized carbons (Fsp3) is 0.469. The van der Waals surface area contributed by atoms with Crippen LogP contribution in [-0.4, -0.2) is 87.3 Å². The summed E-state index contributed by atoms with van der Waals surface area (Å²) in [4.78, 5) is 96.6. The molecule has 68 heavy (non-hydrogen) atoms. The van der Waals surface area contributed by atoms with Crippen LogP contribution in [0.25, 0.3) is 22.3 Å². The summed E-state index contributed by atoms with van der Waals surface area (Å²) in [6, 6.07) is 9.84. The second kappa shape index (κ2) is 21.0. The highest BCUT2D eigenvalue weighted by Crippen LogP contribution is 2.41. The number of nitrogens with one attached hydrogen (secondary N) is 4. The van der Waals surface area contributed by atoms with Crippen LogP contribution in [0.2, 0.25) is 0 Å². The minimum atomic E-state index is -1.99. The highest BCUT2D eigenvalue weighted by molar-refractivity contribution is 5.94. The lowest BCUT2D eigenvalue weighted by molar-refractivity contribution is -0.172. The molecular formula is C49H59FN6O12. The molecule has 4 heterocycles. The number of cyclic esters (lactones) is 1. The van der Waals surface area contributed by atoms with Crippen LogP contribution in [0.4, 0.5) is 9.18 Å². The molecule has 2 aromatic carbocycles. The van der Waals surface area contributed by atoms with E-state index in [0.717, 1.165) is 16.7 Å². The van der Waals surface area contributed by atoms with Gasteiger partial charge >= 0.3 is 18.0 Å². The van der Waals surface area contributed by atoms with Crippen LogP contribution in [0, 0.1) is 11.7 Å². The molecule has 18 nitrogen and oxygen atoms in total. The number of alkyl carbamates (subject to hydrolysis) is 1.